The molecule has 4 aliphatic carbocycles. The predicted molar refractivity (Wildman–Crippen MR) is 467 cm³/mol. The van der Waals surface area contributed by atoms with Crippen molar-refractivity contribution < 1.29 is 19.9 Å². The van der Waals surface area contributed by atoms with Gasteiger partial charge in [-0.3, -0.25) is 24.8 Å². The quantitative estimate of drug-likeness (QED) is 0.0793. The minimum absolute atomic E-state index is 0.0679. The Labute approximate surface area is 669 Å². The fourth-order valence-corrected chi connectivity index (χ4v) is 18.0. The second kappa shape index (κ2) is 28.9. The Balaban J connectivity index is 0.000000110. The van der Waals surface area contributed by atoms with Gasteiger partial charge >= 0.3 is 7.12 Å². The van der Waals surface area contributed by atoms with E-state index in [1.54, 1.807) is 36.4 Å². The first kappa shape index (κ1) is 73.7. The van der Waals surface area contributed by atoms with Crippen molar-refractivity contribution in [2.45, 2.75) is 77.0 Å². The molecule has 4 aliphatic rings. The molecule has 3 heterocycles. The number of nitro benzene ring substituents is 2. The SMILES string of the molecule is CC1(C)c2ccccc2-c2cc3[nH]c4ccccc4c3cc21.CC1(C)c2ccccc2-c2cc3c(cc21)c1ccccc1n3-c1nc(-c2ccccc2)nc(-c2ccccc2)n1.CC1(C)c2ccccc2-c2ccc(-c3ccccc3[N+](=O)[O-])cc21.CC1(C)c2ccccc2-c2ccc(B(O)O)cc21.O=[N+]([O-])c1ccccc1Br. The van der Waals surface area contributed by atoms with E-state index in [4.69, 9.17) is 15.0 Å². The summed E-state index contributed by atoms with van der Waals surface area (Å²) in [5, 5.41) is 45.2. The Bertz CT molecular complexity index is 6650. The van der Waals surface area contributed by atoms with Crippen molar-refractivity contribution in [3.8, 4) is 84.4 Å². The largest absolute Gasteiger partial charge is 0.488 e. The maximum Gasteiger partial charge on any atom is 0.488 e. The van der Waals surface area contributed by atoms with E-state index in [-0.39, 0.29) is 38.0 Å². The number of halogens is 1. The first-order chi connectivity index (χ1) is 55.0. The summed E-state index contributed by atoms with van der Waals surface area (Å²) in [5.41, 5.74) is 29.5. The highest BCUT2D eigenvalue weighted by molar-refractivity contribution is 9.10. The topological polar surface area (TPSA) is 186 Å². The zero-order valence-electron chi connectivity index (χ0n) is 64.2. The van der Waals surface area contributed by atoms with Crippen molar-refractivity contribution in [1.29, 1.82) is 0 Å². The number of para-hydroxylation sites is 4. The Morgan fingerprint density at radius 3 is 1.25 bits per heavy atom. The van der Waals surface area contributed by atoms with Crippen molar-refractivity contribution in [3.05, 3.63) is 385 Å². The number of H-pyrrole nitrogens is 1. The average molecular weight is 1550 g/mol. The van der Waals surface area contributed by atoms with E-state index in [0.29, 0.717) is 33.1 Å². The summed E-state index contributed by atoms with van der Waals surface area (Å²) in [6.45, 7) is 18.1. The van der Waals surface area contributed by atoms with E-state index in [0.717, 1.165) is 33.3 Å². The zero-order valence-corrected chi connectivity index (χ0v) is 65.8. The third kappa shape index (κ3) is 12.7. The van der Waals surface area contributed by atoms with Crippen LogP contribution >= 0.6 is 15.9 Å². The maximum absolute atomic E-state index is 11.3. The van der Waals surface area contributed by atoms with Crippen LogP contribution in [-0.2, 0) is 21.7 Å². The van der Waals surface area contributed by atoms with Crippen LogP contribution in [0.5, 0.6) is 0 Å². The molecule has 114 heavy (non-hydrogen) atoms. The van der Waals surface area contributed by atoms with Gasteiger partial charge < -0.3 is 15.0 Å². The molecule has 0 bridgehead atoms. The van der Waals surface area contributed by atoms with Crippen molar-refractivity contribution in [3.63, 3.8) is 0 Å². The first-order valence-electron chi connectivity index (χ1n) is 38.2. The molecule has 15 heteroatoms. The Hall–Kier alpha value is -13.0. The van der Waals surface area contributed by atoms with E-state index in [1.165, 1.54) is 122 Å². The Morgan fingerprint density at radius 2 is 0.737 bits per heavy atom. The summed E-state index contributed by atoms with van der Waals surface area (Å²) >= 11 is 3.06. The van der Waals surface area contributed by atoms with Gasteiger partial charge in [-0.2, -0.15) is 9.97 Å². The molecule has 0 unspecified atom stereocenters. The Kier molecular flexibility index (Phi) is 18.7. The zero-order chi connectivity index (χ0) is 79.1. The number of fused-ring (bicyclic) bond motifs is 18. The van der Waals surface area contributed by atoms with Crippen LogP contribution < -0.4 is 5.46 Å². The first-order valence-corrected chi connectivity index (χ1v) is 39.0. The van der Waals surface area contributed by atoms with Gasteiger partial charge in [-0.25, -0.2) is 4.98 Å². The smallest absolute Gasteiger partial charge is 0.423 e. The fourth-order valence-electron chi connectivity index (χ4n) is 17.6. The number of nitrogens with one attached hydrogen (secondary N) is 1. The number of aromatic nitrogens is 5. The number of hydrogen-bond acceptors (Lipinski definition) is 9. The summed E-state index contributed by atoms with van der Waals surface area (Å²) in [5.74, 6) is 1.93. The molecule has 0 fully saturated rings. The number of hydrogen-bond donors (Lipinski definition) is 3. The molecule has 14 aromatic carbocycles. The molecule has 21 rings (SSSR count). The van der Waals surface area contributed by atoms with Crippen molar-refractivity contribution in [1.82, 2.24) is 24.5 Å². The molecule has 0 radical (unpaired) electrons. The van der Waals surface area contributed by atoms with Gasteiger partial charge in [0.05, 0.1) is 30.9 Å². The number of aromatic amines is 1. The van der Waals surface area contributed by atoms with Gasteiger partial charge in [0.1, 0.15) is 0 Å². The van der Waals surface area contributed by atoms with E-state index >= 15 is 0 Å². The normalized spacial score (nSPS) is 13.8. The molecule has 3 aromatic heterocycles. The van der Waals surface area contributed by atoms with Crippen LogP contribution in [0.25, 0.3) is 128 Å². The highest BCUT2D eigenvalue weighted by atomic mass is 79.9. The molecule has 3 N–H and O–H groups in total. The number of rotatable bonds is 7. The second-order valence-corrected chi connectivity index (χ2v) is 32.4. The highest BCUT2D eigenvalue weighted by Crippen LogP contribution is 2.54. The lowest BCUT2D eigenvalue weighted by molar-refractivity contribution is -0.385. The van der Waals surface area contributed by atoms with Crippen LogP contribution in [0.2, 0.25) is 0 Å². The summed E-state index contributed by atoms with van der Waals surface area (Å²) in [7, 11) is -1.41. The minimum Gasteiger partial charge on any atom is -0.423 e. The monoisotopic (exact) mass is 1550 g/mol. The second-order valence-electron chi connectivity index (χ2n) is 31.5. The third-order valence-electron chi connectivity index (χ3n) is 23.4. The van der Waals surface area contributed by atoms with E-state index < -0.39 is 12.0 Å². The Morgan fingerprint density at radius 1 is 0.333 bits per heavy atom. The van der Waals surface area contributed by atoms with Gasteiger partial charge in [0.25, 0.3) is 11.4 Å². The van der Waals surface area contributed by atoms with Crippen molar-refractivity contribution in [2.75, 3.05) is 0 Å². The molecule has 0 amide bonds. The van der Waals surface area contributed by atoms with Gasteiger partial charge in [-0.05, 0) is 171 Å². The van der Waals surface area contributed by atoms with Gasteiger partial charge in [0.2, 0.25) is 5.95 Å². The summed E-state index contributed by atoms with van der Waals surface area (Å²) in [4.78, 5) is 39.4. The molecule has 0 saturated carbocycles. The number of nitro groups is 2. The summed E-state index contributed by atoms with van der Waals surface area (Å²) in [6.07, 6.45) is 0. The molecule has 0 saturated heterocycles. The van der Waals surface area contributed by atoms with Gasteiger partial charge in [0.15, 0.2) is 11.6 Å². The van der Waals surface area contributed by atoms with Crippen LogP contribution in [0.3, 0.4) is 0 Å². The standard InChI is InChI=1S/C36H26N4.C21H17NO2.C21H17N.C15H15BO2.C6H4BrNO2/c1-36(2)29-19-11-9-17-25(29)27-22-32-28(21-30(27)36)26-18-10-12-20-31(26)40(32)35-38-33(23-13-5-3-6-14-23)37-34(39-35)24-15-7-4-8-16-24;1-21(2)18-9-5-3-8-16(18)17-12-11-14(13-19(17)21)15-7-4-6-10-20(15)22(23)24;1-21(2)17-9-5-3-7-13(17)15-12-20-16(11-18(15)21)14-8-4-6-10-19(14)22-20;1-15(2)13-6-4-3-5-11(13)12-8-7-10(16(17)18)9-14(12)15;7-5-3-1-2-4-6(5)8(9)10/h3-22H,1-2H3;3-13H,1-2H3;3-12,22H,1-2H3;3-9,17-18H,1-2H3;1-4H. The number of nitrogens with zero attached hydrogens (tertiary/aromatic N) is 6. The van der Waals surface area contributed by atoms with E-state index in [1.807, 2.05) is 103 Å². The van der Waals surface area contributed by atoms with Gasteiger partial charge in [-0.1, -0.05) is 304 Å². The fraction of sp³-hybridized carbons (Fsp3) is 0.121. The number of benzene rings is 14. The van der Waals surface area contributed by atoms with Crippen molar-refractivity contribution in [2.24, 2.45) is 0 Å². The maximum atomic E-state index is 11.3. The molecular weight excluding hydrogens is 1470 g/mol. The molecule has 17 aromatic rings. The van der Waals surface area contributed by atoms with E-state index in [2.05, 4.69) is 251 Å². The highest BCUT2D eigenvalue weighted by Gasteiger charge is 2.40. The van der Waals surface area contributed by atoms with E-state index in [9.17, 15) is 30.3 Å². The predicted octanol–water partition coefficient (Wildman–Crippen LogP) is 23.8. The van der Waals surface area contributed by atoms with Crippen LogP contribution in [0.1, 0.15) is 99.9 Å². The van der Waals surface area contributed by atoms with Crippen LogP contribution in [0.15, 0.2) is 320 Å². The summed E-state index contributed by atoms with van der Waals surface area (Å²) < 4.78 is 2.72. The summed E-state index contributed by atoms with van der Waals surface area (Å²) in [6, 6.07) is 106. The minimum atomic E-state index is -1.41. The van der Waals surface area contributed by atoms with Crippen LogP contribution in [0, 0.1) is 20.2 Å². The lowest BCUT2D eigenvalue weighted by Crippen LogP contribution is -2.31. The lowest BCUT2D eigenvalue weighted by Gasteiger charge is -2.21. The van der Waals surface area contributed by atoms with Crippen LogP contribution in [0.4, 0.5) is 11.4 Å². The average Bonchev–Trinajstić information content (AvgIpc) is 1.56. The lowest BCUT2D eigenvalue weighted by atomic mass is 9.75. The van der Waals surface area contributed by atoms with Crippen molar-refractivity contribution >= 4 is 83.5 Å². The van der Waals surface area contributed by atoms with Crippen LogP contribution in [-0.4, -0.2) is 51.5 Å². The molecule has 0 spiro atoms. The molecule has 13 nitrogen and oxygen atoms in total. The van der Waals surface area contributed by atoms with Gasteiger partial charge in [0, 0.05) is 77.5 Å². The molecule has 0 atom stereocenters. The van der Waals surface area contributed by atoms with Gasteiger partial charge in [-0.15, -0.1) is 0 Å². The third-order valence-corrected chi connectivity index (χ3v) is 24.1. The molecular formula is C99H79BBrN7O6. The molecule has 0 aliphatic heterocycles. The molecule has 556 valence electrons.